The van der Waals surface area contributed by atoms with Crippen LogP contribution in [-0.2, 0) is 6.42 Å². The zero-order valence-electron chi connectivity index (χ0n) is 6.41. The highest BCUT2D eigenvalue weighted by molar-refractivity contribution is 5.50. The van der Waals surface area contributed by atoms with Crippen LogP contribution in [0.15, 0.2) is 0 Å². The number of nitrogens with two attached hydrogens (primary N) is 2. The standard InChI is InChI=1S/C6H11N5/c1-2-3-4-5(7)9-11-10-6(4)8/h2-3H2,1H3,(H4,7,8,9,10). The van der Waals surface area contributed by atoms with Crippen LogP contribution < -0.4 is 11.5 Å². The van der Waals surface area contributed by atoms with E-state index in [4.69, 9.17) is 11.5 Å². The molecule has 1 aromatic heterocycles. The van der Waals surface area contributed by atoms with Gasteiger partial charge in [0.2, 0.25) is 0 Å². The van der Waals surface area contributed by atoms with Crippen molar-refractivity contribution in [2.45, 2.75) is 19.8 Å². The second-order valence-corrected chi connectivity index (χ2v) is 2.29. The predicted octanol–water partition coefficient (Wildman–Crippen LogP) is -0.0115. The van der Waals surface area contributed by atoms with Crippen LogP contribution in [0, 0.1) is 0 Å². The van der Waals surface area contributed by atoms with Crippen molar-refractivity contribution in [1.82, 2.24) is 15.4 Å². The molecule has 1 aromatic rings. The highest BCUT2D eigenvalue weighted by atomic mass is 15.3. The minimum atomic E-state index is 0.388. The van der Waals surface area contributed by atoms with Gasteiger partial charge in [0.15, 0.2) is 11.6 Å². The first-order valence-corrected chi connectivity index (χ1v) is 3.49. The van der Waals surface area contributed by atoms with Crippen molar-refractivity contribution >= 4 is 11.6 Å². The molecule has 0 fully saturated rings. The summed E-state index contributed by atoms with van der Waals surface area (Å²) in [5.41, 5.74) is 11.8. The van der Waals surface area contributed by atoms with Crippen molar-refractivity contribution in [3.8, 4) is 0 Å². The van der Waals surface area contributed by atoms with Crippen LogP contribution >= 0.6 is 0 Å². The van der Waals surface area contributed by atoms with Gasteiger partial charge >= 0.3 is 0 Å². The monoisotopic (exact) mass is 153 g/mol. The molecule has 0 bridgehead atoms. The summed E-state index contributed by atoms with van der Waals surface area (Å²) in [5, 5.41) is 10.6. The molecule has 0 aromatic carbocycles. The Morgan fingerprint density at radius 1 is 1.18 bits per heavy atom. The van der Waals surface area contributed by atoms with E-state index >= 15 is 0 Å². The predicted molar refractivity (Wildman–Crippen MR) is 42.6 cm³/mol. The van der Waals surface area contributed by atoms with Crippen molar-refractivity contribution in [2.24, 2.45) is 0 Å². The van der Waals surface area contributed by atoms with Gasteiger partial charge in [-0.05, 0) is 11.6 Å². The van der Waals surface area contributed by atoms with Gasteiger partial charge in [-0.15, -0.1) is 10.2 Å². The molecule has 0 unspecified atom stereocenters. The third-order valence-electron chi connectivity index (χ3n) is 1.42. The van der Waals surface area contributed by atoms with E-state index in [0.717, 1.165) is 18.4 Å². The van der Waals surface area contributed by atoms with Gasteiger partial charge in [0, 0.05) is 5.56 Å². The van der Waals surface area contributed by atoms with Crippen molar-refractivity contribution in [3.05, 3.63) is 5.56 Å². The number of rotatable bonds is 2. The molecule has 0 saturated carbocycles. The van der Waals surface area contributed by atoms with E-state index in [2.05, 4.69) is 15.4 Å². The van der Waals surface area contributed by atoms with E-state index < -0.39 is 0 Å². The van der Waals surface area contributed by atoms with E-state index in [-0.39, 0.29) is 0 Å². The Morgan fingerprint density at radius 3 is 2.18 bits per heavy atom. The first-order valence-electron chi connectivity index (χ1n) is 3.49. The molecule has 0 aliphatic carbocycles. The molecule has 0 amide bonds. The normalized spacial score (nSPS) is 9.91. The summed E-state index contributed by atoms with van der Waals surface area (Å²) >= 11 is 0. The Hall–Kier alpha value is -1.39. The third kappa shape index (κ3) is 1.54. The molecule has 0 radical (unpaired) electrons. The zero-order chi connectivity index (χ0) is 8.27. The maximum absolute atomic E-state index is 5.51. The van der Waals surface area contributed by atoms with E-state index in [9.17, 15) is 0 Å². The molecule has 11 heavy (non-hydrogen) atoms. The summed E-state index contributed by atoms with van der Waals surface area (Å²) in [4.78, 5) is 0. The fraction of sp³-hybridized carbons (Fsp3) is 0.500. The lowest BCUT2D eigenvalue weighted by atomic mass is 10.2. The molecular formula is C6H11N5. The van der Waals surface area contributed by atoms with Gasteiger partial charge in [-0.2, -0.15) is 0 Å². The molecule has 1 rings (SSSR count). The third-order valence-corrected chi connectivity index (χ3v) is 1.42. The molecule has 60 valence electrons. The topological polar surface area (TPSA) is 90.7 Å². The number of aromatic nitrogens is 3. The number of hydrogen-bond acceptors (Lipinski definition) is 5. The van der Waals surface area contributed by atoms with Gasteiger partial charge in [0.1, 0.15) is 0 Å². The second kappa shape index (κ2) is 3.14. The Kier molecular flexibility index (Phi) is 2.20. The fourth-order valence-electron chi connectivity index (χ4n) is 0.877. The average Bonchev–Trinajstić information content (AvgIpc) is 1.97. The first kappa shape index (κ1) is 7.71. The van der Waals surface area contributed by atoms with Crippen molar-refractivity contribution in [2.75, 3.05) is 11.5 Å². The number of nitrogens with zero attached hydrogens (tertiary/aromatic N) is 3. The number of nitrogen functional groups attached to an aromatic ring is 2. The number of hydrogen-bond donors (Lipinski definition) is 2. The molecule has 1 heterocycles. The molecule has 0 spiro atoms. The molecule has 4 N–H and O–H groups in total. The maximum atomic E-state index is 5.51. The summed E-state index contributed by atoms with van der Waals surface area (Å²) in [6, 6.07) is 0. The highest BCUT2D eigenvalue weighted by Gasteiger charge is 2.04. The second-order valence-electron chi connectivity index (χ2n) is 2.29. The highest BCUT2D eigenvalue weighted by Crippen LogP contribution is 2.14. The van der Waals surface area contributed by atoms with E-state index in [1.54, 1.807) is 0 Å². The van der Waals surface area contributed by atoms with Gasteiger partial charge in [0.05, 0.1) is 0 Å². The quantitative estimate of drug-likeness (QED) is 0.623. The Morgan fingerprint density at radius 2 is 1.73 bits per heavy atom. The van der Waals surface area contributed by atoms with Gasteiger partial charge < -0.3 is 11.5 Å². The van der Waals surface area contributed by atoms with Crippen LogP contribution in [-0.4, -0.2) is 15.4 Å². The Labute approximate surface area is 64.8 Å². The molecule has 0 saturated heterocycles. The molecule has 0 aliphatic heterocycles. The van der Waals surface area contributed by atoms with Crippen LogP contribution in [0.3, 0.4) is 0 Å². The van der Waals surface area contributed by atoms with Crippen molar-refractivity contribution < 1.29 is 0 Å². The van der Waals surface area contributed by atoms with Crippen LogP contribution in [0.4, 0.5) is 11.6 Å². The minimum Gasteiger partial charge on any atom is -0.382 e. The largest absolute Gasteiger partial charge is 0.382 e. The van der Waals surface area contributed by atoms with Crippen LogP contribution in [0.25, 0.3) is 0 Å². The van der Waals surface area contributed by atoms with Crippen LogP contribution in [0.2, 0.25) is 0 Å². The van der Waals surface area contributed by atoms with Crippen LogP contribution in [0.1, 0.15) is 18.9 Å². The maximum Gasteiger partial charge on any atom is 0.154 e. The molecule has 0 atom stereocenters. The van der Waals surface area contributed by atoms with Gasteiger partial charge in [-0.1, -0.05) is 13.3 Å². The Bertz CT molecular complexity index is 226. The van der Waals surface area contributed by atoms with Crippen molar-refractivity contribution in [1.29, 1.82) is 0 Å². The minimum absolute atomic E-state index is 0.388. The van der Waals surface area contributed by atoms with Gasteiger partial charge in [-0.3, -0.25) is 0 Å². The average molecular weight is 153 g/mol. The van der Waals surface area contributed by atoms with Crippen molar-refractivity contribution in [3.63, 3.8) is 0 Å². The molecular weight excluding hydrogens is 142 g/mol. The lowest BCUT2D eigenvalue weighted by Crippen LogP contribution is -2.06. The van der Waals surface area contributed by atoms with Gasteiger partial charge in [-0.25, -0.2) is 0 Å². The Balaban J connectivity index is 3.00. The van der Waals surface area contributed by atoms with Crippen LogP contribution in [0.5, 0.6) is 0 Å². The fourth-order valence-corrected chi connectivity index (χ4v) is 0.877. The van der Waals surface area contributed by atoms with E-state index in [1.807, 2.05) is 6.92 Å². The molecule has 5 nitrogen and oxygen atoms in total. The molecule has 5 heteroatoms. The summed E-state index contributed by atoms with van der Waals surface area (Å²) in [7, 11) is 0. The zero-order valence-corrected chi connectivity index (χ0v) is 6.41. The first-order chi connectivity index (χ1) is 5.25. The lowest BCUT2D eigenvalue weighted by molar-refractivity contribution is 0.835. The number of anilines is 2. The SMILES string of the molecule is CCCc1c(N)nnnc1N. The van der Waals surface area contributed by atoms with E-state index in [0.29, 0.717) is 11.6 Å². The van der Waals surface area contributed by atoms with Gasteiger partial charge in [0.25, 0.3) is 0 Å². The summed E-state index contributed by atoms with van der Waals surface area (Å²) < 4.78 is 0. The lowest BCUT2D eigenvalue weighted by Gasteiger charge is -2.02. The van der Waals surface area contributed by atoms with E-state index in [1.165, 1.54) is 0 Å². The molecule has 0 aliphatic rings. The summed E-state index contributed by atoms with van der Waals surface area (Å²) in [6.45, 7) is 2.04. The smallest absolute Gasteiger partial charge is 0.154 e. The summed E-state index contributed by atoms with van der Waals surface area (Å²) in [5.74, 6) is 0.777. The summed E-state index contributed by atoms with van der Waals surface area (Å²) in [6.07, 6.45) is 1.78.